The lowest BCUT2D eigenvalue weighted by Gasteiger charge is -2.12. The lowest BCUT2D eigenvalue weighted by molar-refractivity contribution is 0.240. The molecule has 2 amide bonds. The van der Waals surface area contributed by atoms with Gasteiger partial charge >= 0.3 is 6.03 Å². The number of hydrazone groups is 1. The molecule has 2 N–H and O–H groups in total. The monoisotopic (exact) mass is 447 g/mol. The Hall–Kier alpha value is -4.00. The number of methoxy groups -OCH3 is 1. The Morgan fingerprint density at radius 2 is 1.70 bits per heavy atom. The van der Waals surface area contributed by atoms with E-state index in [9.17, 15) is 4.79 Å². The molecule has 0 radical (unpaired) electrons. The summed E-state index contributed by atoms with van der Waals surface area (Å²) in [7, 11) is 1.58. The van der Waals surface area contributed by atoms with Crippen molar-refractivity contribution < 1.29 is 19.0 Å². The molecule has 0 saturated carbocycles. The van der Waals surface area contributed by atoms with Gasteiger partial charge in [0.1, 0.15) is 5.75 Å². The van der Waals surface area contributed by atoms with Crippen LogP contribution in [0.2, 0.25) is 0 Å². The van der Waals surface area contributed by atoms with Gasteiger partial charge < -0.3 is 19.5 Å². The van der Waals surface area contributed by atoms with Gasteiger partial charge in [-0.2, -0.15) is 5.10 Å². The quantitative estimate of drug-likeness (QED) is 0.251. The van der Waals surface area contributed by atoms with Gasteiger partial charge in [-0.15, -0.1) is 0 Å². The normalized spacial score (nSPS) is 10.6. The zero-order valence-electron chi connectivity index (χ0n) is 19.1. The molecule has 0 atom stereocenters. The summed E-state index contributed by atoms with van der Waals surface area (Å²) in [5.74, 6) is 2.09. The van der Waals surface area contributed by atoms with Gasteiger partial charge in [-0.05, 0) is 73.0 Å². The molecule has 0 aromatic heterocycles. The van der Waals surface area contributed by atoms with Crippen LogP contribution in [0, 0.1) is 13.8 Å². The average Bonchev–Trinajstić information content (AvgIpc) is 2.82. The predicted molar refractivity (Wildman–Crippen MR) is 131 cm³/mol. The highest BCUT2D eigenvalue weighted by molar-refractivity contribution is 5.90. The predicted octanol–water partition coefficient (Wildman–Crippen LogP) is 5.32. The van der Waals surface area contributed by atoms with Crippen molar-refractivity contribution in [3.8, 4) is 17.2 Å². The number of hydrogen-bond donors (Lipinski definition) is 2. The third-order valence-corrected chi connectivity index (χ3v) is 4.89. The highest BCUT2D eigenvalue weighted by Crippen LogP contribution is 2.27. The summed E-state index contributed by atoms with van der Waals surface area (Å²) in [5, 5.41) is 6.66. The minimum absolute atomic E-state index is 0.424. The van der Waals surface area contributed by atoms with Crippen molar-refractivity contribution in [2.75, 3.05) is 25.6 Å². The second-order valence-electron chi connectivity index (χ2n) is 7.40. The molecular formula is C26H29N3O4. The number of aryl methyl sites for hydroxylation is 2. The van der Waals surface area contributed by atoms with Crippen LogP contribution < -0.4 is 25.0 Å². The first-order valence-corrected chi connectivity index (χ1v) is 10.7. The van der Waals surface area contributed by atoms with Crippen molar-refractivity contribution in [1.29, 1.82) is 0 Å². The molecule has 0 aliphatic carbocycles. The fourth-order valence-electron chi connectivity index (χ4n) is 2.96. The topological polar surface area (TPSA) is 81.2 Å². The third-order valence-electron chi connectivity index (χ3n) is 4.89. The number of nitrogens with zero attached hydrogens (tertiary/aromatic N) is 1. The van der Waals surface area contributed by atoms with Crippen LogP contribution in [0.5, 0.6) is 17.2 Å². The van der Waals surface area contributed by atoms with Gasteiger partial charge in [-0.3, -0.25) is 0 Å². The lowest BCUT2D eigenvalue weighted by atomic mass is 10.1. The van der Waals surface area contributed by atoms with Crippen LogP contribution in [0.4, 0.5) is 10.5 Å². The summed E-state index contributed by atoms with van der Waals surface area (Å²) in [6.45, 7) is 5.21. The van der Waals surface area contributed by atoms with Crippen molar-refractivity contribution in [1.82, 2.24) is 5.43 Å². The molecule has 0 aliphatic heterocycles. The van der Waals surface area contributed by atoms with E-state index in [1.165, 1.54) is 17.3 Å². The number of hydrogen-bond acceptors (Lipinski definition) is 5. The maximum absolute atomic E-state index is 11.9. The molecule has 0 aliphatic rings. The standard InChI is InChI=1S/C26H29N3O4/c1-19-10-12-23(16-20(19)2)32-14-7-15-33-24-13-11-21(17-25(24)31-3)18-27-29-26(30)28-22-8-5-4-6-9-22/h4-6,8-13,16-18H,7,14-15H2,1-3H3,(H2,28,29,30). The Kier molecular flexibility index (Phi) is 8.71. The van der Waals surface area contributed by atoms with Crippen LogP contribution in [0.3, 0.4) is 0 Å². The molecule has 0 spiro atoms. The Morgan fingerprint density at radius 3 is 2.45 bits per heavy atom. The van der Waals surface area contributed by atoms with Crippen LogP contribution in [0.15, 0.2) is 71.8 Å². The number of para-hydroxylation sites is 1. The molecule has 3 aromatic rings. The van der Waals surface area contributed by atoms with Gasteiger partial charge in [0.05, 0.1) is 26.5 Å². The number of rotatable bonds is 10. The van der Waals surface area contributed by atoms with Crippen molar-refractivity contribution >= 4 is 17.9 Å². The number of carbonyl (C=O) groups excluding carboxylic acids is 1. The van der Waals surface area contributed by atoms with Gasteiger partial charge in [0.15, 0.2) is 11.5 Å². The molecule has 33 heavy (non-hydrogen) atoms. The molecular weight excluding hydrogens is 418 g/mol. The first-order chi connectivity index (χ1) is 16.0. The van der Waals surface area contributed by atoms with Crippen molar-refractivity contribution in [3.05, 3.63) is 83.4 Å². The number of benzene rings is 3. The van der Waals surface area contributed by atoms with E-state index in [-0.39, 0.29) is 0 Å². The molecule has 172 valence electrons. The van der Waals surface area contributed by atoms with Crippen LogP contribution in [-0.4, -0.2) is 32.6 Å². The van der Waals surface area contributed by atoms with E-state index in [2.05, 4.69) is 35.8 Å². The Bertz CT molecular complexity index is 1080. The second kappa shape index (κ2) is 12.1. The molecule has 3 aromatic carbocycles. The molecule has 0 unspecified atom stereocenters. The Labute approximate surface area is 194 Å². The first-order valence-electron chi connectivity index (χ1n) is 10.7. The number of nitrogens with one attached hydrogen (secondary N) is 2. The van der Waals surface area contributed by atoms with Gasteiger partial charge in [0.25, 0.3) is 0 Å². The SMILES string of the molecule is COc1cc(C=NNC(=O)Nc2ccccc2)ccc1OCCCOc1ccc(C)c(C)c1. The summed E-state index contributed by atoms with van der Waals surface area (Å²) in [6.07, 6.45) is 2.27. The van der Waals surface area contributed by atoms with Crippen LogP contribution in [0.1, 0.15) is 23.1 Å². The van der Waals surface area contributed by atoms with Crippen molar-refractivity contribution in [3.63, 3.8) is 0 Å². The Balaban J connectivity index is 1.44. The highest BCUT2D eigenvalue weighted by atomic mass is 16.5. The average molecular weight is 448 g/mol. The van der Waals surface area contributed by atoms with Gasteiger partial charge in [-0.25, -0.2) is 10.2 Å². The first kappa shape index (κ1) is 23.7. The molecule has 0 saturated heterocycles. The number of amides is 2. The maximum atomic E-state index is 11.9. The summed E-state index contributed by atoms with van der Waals surface area (Å²) < 4.78 is 17.1. The summed E-state index contributed by atoms with van der Waals surface area (Å²) in [5.41, 5.74) is 6.34. The molecule has 0 fully saturated rings. The minimum atomic E-state index is -0.424. The van der Waals surface area contributed by atoms with E-state index in [4.69, 9.17) is 14.2 Å². The number of carbonyl (C=O) groups is 1. The van der Waals surface area contributed by atoms with Gasteiger partial charge in [0, 0.05) is 12.1 Å². The van der Waals surface area contributed by atoms with Gasteiger partial charge in [-0.1, -0.05) is 24.3 Å². The molecule has 0 bridgehead atoms. The lowest BCUT2D eigenvalue weighted by Crippen LogP contribution is -2.24. The zero-order valence-corrected chi connectivity index (χ0v) is 19.1. The van der Waals surface area contributed by atoms with Crippen LogP contribution in [-0.2, 0) is 0 Å². The fraction of sp³-hybridized carbons (Fsp3) is 0.231. The van der Waals surface area contributed by atoms with Crippen molar-refractivity contribution in [2.24, 2.45) is 5.10 Å². The van der Waals surface area contributed by atoms with Crippen molar-refractivity contribution in [2.45, 2.75) is 20.3 Å². The van der Waals surface area contributed by atoms with Crippen LogP contribution >= 0.6 is 0 Å². The zero-order chi connectivity index (χ0) is 23.5. The number of ether oxygens (including phenoxy) is 3. The largest absolute Gasteiger partial charge is 0.493 e. The summed E-state index contributed by atoms with van der Waals surface area (Å²) in [6, 6.07) is 20.2. The second-order valence-corrected chi connectivity index (χ2v) is 7.40. The highest BCUT2D eigenvalue weighted by Gasteiger charge is 2.06. The number of anilines is 1. The smallest absolute Gasteiger partial charge is 0.339 e. The molecule has 7 heteroatoms. The van der Waals surface area contributed by atoms with E-state index in [0.717, 1.165) is 17.7 Å². The minimum Gasteiger partial charge on any atom is -0.493 e. The van der Waals surface area contributed by atoms with E-state index >= 15 is 0 Å². The summed E-state index contributed by atoms with van der Waals surface area (Å²) in [4.78, 5) is 11.9. The van der Waals surface area contributed by atoms with E-state index in [1.54, 1.807) is 25.3 Å². The molecule has 3 rings (SSSR count). The maximum Gasteiger partial charge on any atom is 0.339 e. The summed E-state index contributed by atoms with van der Waals surface area (Å²) >= 11 is 0. The third kappa shape index (κ3) is 7.57. The van der Waals surface area contributed by atoms with E-state index < -0.39 is 6.03 Å². The Morgan fingerprint density at radius 1 is 0.909 bits per heavy atom. The van der Waals surface area contributed by atoms with Gasteiger partial charge in [0.2, 0.25) is 0 Å². The molecule has 7 nitrogen and oxygen atoms in total. The van der Waals surface area contributed by atoms with E-state index in [1.807, 2.05) is 42.5 Å². The fourth-order valence-corrected chi connectivity index (χ4v) is 2.96. The van der Waals surface area contributed by atoms with E-state index in [0.29, 0.717) is 30.4 Å². The van der Waals surface area contributed by atoms with Crippen LogP contribution in [0.25, 0.3) is 0 Å². The number of urea groups is 1. The molecule has 0 heterocycles.